The molecule has 2 aromatic rings. The molecule has 2 amide bonds. The Labute approximate surface area is 128 Å². The molecule has 1 unspecified atom stereocenters. The minimum atomic E-state index is -0.293. The Morgan fingerprint density at radius 1 is 1.00 bits per heavy atom. The summed E-state index contributed by atoms with van der Waals surface area (Å²) < 4.78 is 0. The summed E-state index contributed by atoms with van der Waals surface area (Å²) in [6.45, 7) is 0. The smallest absolute Gasteiger partial charge is 0.237 e. The van der Waals surface area contributed by atoms with Gasteiger partial charge in [0, 0.05) is 11.4 Å². The van der Waals surface area contributed by atoms with Gasteiger partial charge in [0.25, 0.3) is 0 Å². The van der Waals surface area contributed by atoms with Gasteiger partial charge in [-0.2, -0.15) is 0 Å². The molecule has 0 N–H and O–H groups in total. The van der Waals surface area contributed by atoms with E-state index in [0.29, 0.717) is 17.1 Å². The second-order valence-corrected chi connectivity index (χ2v) is 5.57. The van der Waals surface area contributed by atoms with Crippen LogP contribution in [0.5, 0.6) is 0 Å². The highest BCUT2D eigenvalue weighted by atomic mass is 35.5. The number of rotatable bonds is 3. The normalized spacial score (nSPS) is 18.3. The zero-order chi connectivity index (χ0) is 14.8. The second kappa shape index (κ2) is 5.70. The average Bonchev–Trinajstić information content (AvgIpc) is 2.77. The number of amides is 2. The molecule has 1 aliphatic rings. The van der Waals surface area contributed by atoms with Crippen LogP contribution >= 0.6 is 11.6 Å². The Morgan fingerprint density at radius 3 is 2.33 bits per heavy atom. The summed E-state index contributed by atoms with van der Waals surface area (Å²) in [5, 5.41) is 0.665. The van der Waals surface area contributed by atoms with Crippen molar-refractivity contribution < 1.29 is 9.59 Å². The van der Waals surface area contributed by atoms with Crippen LogP contribution in [0.4, 0.5) is 5.69 Å². The average molecular weight is 300 g/mol. The Morgan fingerprint density at radius 2 is 1.67 bits per heavy atom. The molecule has 0 spiro atoms. The van der Waals surface area contributed by atoms with Crippen LogP contribution in [-0.4, -0.2) is 11.8 Å². The van der Waals surface area contributed by atoms with Crippen molar-refractivity contribution in [1.82, 2.24) is 0 Å². The molecule has 1 saturated heterocycles. The quantitative estimate of drug-likeness (QED) is 0.814. The summed E-state index contributed by atoms with van der Waals surface area (Å²) in [6.07, 6.45) is 0.821. The first-order valence-electron chi connectivity index (χ1n) is 6.81. The second-order valence-electron chi connectivity index (χ2n) is 5.13. The van der Waals surface area contributed by atoms with Crippen molar-refractivity contribution in [2.24, 2.45) is 5.92 Å². The van der Waals surface area contributed by atoms with E-state index in [1.165, 1.54) is 4.90 Å². The Bertz CT molecular complexity index is 667. The topological polar surface area (TPSA) is 37.4 Å². The van der Waals surface area contributed by atoms with Crippen LogP contribution in [0, 0.1) is 5.92 Å². The molecular weight excluding hydrogens is 286 g/mol. The van der Waals surface area contributed by atoms with Gasteiger partial charge >= 0.3 is 0 Å². The summed E-state index contributed by atoms with van der Waals surface area (Å²) in [4.78, 5) is 25.9. The van der Waals surface area contributed by atoms with E-state index in [1.807, 2.05) is 30.3 Å². The molecule has 1 atom stereocenters. The lowest BCUT2D eigenvalue weighted by atomic mass is 9.98. The Hall–Kier alpha value is -2.13. The largest absolute Gasteiger partial charge is 0.274 e. The number of hydrogen-bond acceptors (Lipinski definition) is 2. The van der Waals surface area contributed by atoms with E-state index in [1.54, 1.807) is 24.3 Å². The number of carbonyl (C=O) groups is 2. The van der Waals surface area contributed by atoms with E-state index in [4.69, 9.17) is 11.6 Å². The molecule has 3 nitrogen and oxygen atoms in total. The maximum Gasteiger partial charge on any atom is 0.237 e. The van der Waals surface area contributed by atoms with E-state index in [2.05, 4.69) is 0 Å². The van der Waals surface area contributed by atoms with Crippen LogP contribution in [0.2, 0.25) is 5.02 Å². The van der Waals surface area contributed by atoms with E-state index in [-0.39, 0.29) is 24.2 Å². The number of halogens is 1. The highest BCUT2D eigenvalue weighted by Gasteiger charge is 2.39. The zero-order valence-corrected chi connectivity index (χ0v) is 12.1. The van der Waals surface area contributed by atoms with Crippen LogP contribution in [-0.2, 0) is 16.0 Å². The van der Waals surface area contributed by atoms with Crippen LogP contribution in [0.3, 0.4) is 0 Å². The fraction of sp³-hybridized carbons (Fsp3) is 0.176. The number of para-hydroxylation sites is 1. The number of carbonyl (C=O) groups excluding carboxylic acids is 2. The van der Waals surface area contributed by atoms with Crippen molar-refractivity contribution in [2.75, 3.05) is 4.90 Å². The summed E-state index contributed by atoms with van der Waals surface area (Å²) in [5.41, 5.74) is 1.66. The maximum atomic E-state index is 12.5. The van der Waals surface area contributed by atoms with Gasteiger partial charge in [0.2, 0.25) is 11.8 Å². The van der Waals surface area contributed by atoms with Crippen molar-refractivity contribution in [2.45, 2.75) is 12.8 Å². The van der Waals surface area contributed by atoms with Crippen LogP contribution < -0.4 is 4.90 Å². The predicted octanol–water partition coefficient (Wildman–Crippen LogP) is 3.46. The molecule has 21 heavy (non-hydrogen) atoms. The molecule has 2 aromatic carbocycles. The summed E-state index contributed by atoms with van der Waals surface area (Å²) in [7, 11) is 0. The fourth-order valence-corrected chi connectivity index (χ4v) is 2.73. The standard InChI is InChI=1S/C17H14ClNO2/c18-14-8-6-12(7-9-14)10-13-11-16(20)19(17(13)21)15-4-2-1-3-5-15/h1-9,13H,10-11H2. The van der Waals surface area contributed by atoms with E-state index in [9.17, 15) is 9.59 Å². The fourth-order valence-electron chi connectivity index (χ4n) is 2.61. The minimum Gasteiger partial charge on any atom is -0.274 e. The molecule has 1 fully saturated rings. The van der Waals surface area contributed by atoms with Gasteiger partial charge in [-0.15, -0.1) is 0 Å². The first kappa shape index (κ1) is 13.8. The maximum absolute atomic E-state index is 12.5. The molecule has 0 radical (unpaired) electrons. The Kier molecular flexibility index (Phi) is 3.76. The summed E-state index contributed by atoms with van der Waals surface area (Å²) >= 11 is 5.85. The first-order chi connectivity index (χ1) is 10.1. The lowest BCUT2D eigenvalue weighted by Crippen LogP contribution is -2.30. The molecule has 106 valence electrons. The van der Waals surface area contributed by atoms with Crippen molar-refractivity contribution in [1.29, 1.82) is 0 Å². The molecule has 4 heteroatoms. The van der Waals surface area contributed by atoms with Gasteiger partial charge in [-0.25, -0.2) is 0 Å². The number of anilines is 1. The molecule has 1 heterocycles. The number of benzene rings is 2. The third-order valence-corrected chi connectivity index (χ3v) is 3.90. The van der Waals surface area contributed by atoms with Gasteiger partial charge in [0.05, 0.1) is 11.6 Å². The Balaban J connectivity index is 1.79. The van der Waals surface area contributed by atoms with Crippen molar-refractivity contribution in [3.05, 3.63) is 65.2 Å². The van der Waals surface area contributed by atoms with Crippen LogP contribution in [0.15, 0.2) is 54.6 Å². The minimum absolute atomic E-state index is 0.124. The van der Waals surface area contributed by atoms with E-state index in [0.717, 1.165) is 5.56 Å². The molecular formula is C17H14ClNO2. The number of nitrogens with zero attached hydrogens (tertiary/aromatic N) is 1. The predicted molar refractivity (Wildman–Crippen MR) is 82.2 cm³/mol. The lowest BCUT2D eigenvalue weighted by Gasteiger charge is -2.14. The van der Waals surface area contributed by atoms with Gasteiger partial charge < -0.3 is 0 Å². The lowest BCUT2D eigenvalue weighted by molar-refractivity contribution is -0.122. The third kappa shape index (κ3) is 2.83. The van der Waals surface area contributed by atoms with Crippen LogP contribution in [0.1, 0.15) is 12.0 Å². The van der Waals surface area contributed by atoms with E-state index >= 15 is 0 Å². The van der Waals surface area contributed by atoms with Gasteiger partial charge in [-0.05, 0) is 36.2 Å². The van der Waals surface area contributed by atoms with Gasteiger partial charge in [-0.1, -0.05) is 41.9 Å². The molecule has 0 aliphatic carbocycles. The number of hydrogen-bond donors (Lipinski definition) is 0. The van der Waals surface area contributed by atoms with Gasteiger partial charge in [0.1, 0.15) is 0 Å². The molecule has 0 aromatic heterocycles. The third-order valence-electron chi connectivity index (χ3n) is 3.65. The van der Waals surface area contributed by atoms with Gasteiger partial charge in [0.15, 0.2) is 0 Å². The highest BCUT2D eigenvalue weighted by molar-refractivity contribution is 6.30. The molecule has 1 aliphatic heterocycles. The molecule has 0 bridgehead atoms. The number of imide groups is 1. The highest BCUT2D eigenvalue weighted by Crippen LogP contribution is 2.28. The monoisotopic (exact) mass is 299 g/mol. The summed E-state index contributed by atoms with van der Waals surface area (Å²) in [5.74, 6) is -0.551. The SMILES string of the molecule is O=C1CC(Cc2ccc(Cl)cc2)C(=O)N1c1ccccc1. The zero-order valence-electron chi connectivity index (χ0n) is 11.3. The van der Waals surface area contributed by atoms with Crippen molar-refractivity contribution >= 4 is 29.1 Å². The first-order valence-corrected chi connectivity index (χ1v) is 7.19. The molecule has 3 rings (SSSR count). The van der Waals surface area contributed by atoms with Crippen molar-refractivity contribution in [3.63, 3.8) is 0 Å². The van der Waals surface area contributed by atoms with Crippen LogP contribution in [0.25, 0.3) is 0 Å². The molecule has 0 saturated carbocycles. The van der Waals surface area contributed by atoms with Gasteiger partial charge in [-0.3, -0.25) is 14.5 Å². The van der Waals surface area contributed by atoms with Crippen molar-refractivity contribution in [3.8, 4) is 0 Å². The van der Waals surface area contributed by atoms with E-state index < -0.39 is 0 Å². The summed E-state index contributed by atoms with van der Waals surface area (Å²) in [6, 6.07) is 16.4.